The van der Waals surface area contributed by atoms with E-state index >= 15 is 0 Å². The van der Waals surface area contributed by atoms with Crippen molar-refractivity contribution in [1.82, 2.24) is 14.9 Å². The number of likely N-dealkylation sites (tertiary alicyclic amines) is 1. The summed E-state index contributed by atoms with van der Waals surface area (Å²) in [6.07, 6.45) is 11.2. The van der Waals surface area contributed by atoms with E-state index in [2.05, 4.69) is 31.2 Å². The molecule has 0 spiro atoms. The summed E-state index contributed by atoms with van der Waals surface area (Å²) in [6, 6.07) is 2.54. The second-order valence-corrected chi connectivity index (χ2v) is 9.30. The molecule has 1 saturated carbocycles. The second-order valence-electron chi connectivity index (χ2n) is 8.38. The van der Waals surface area contributed by atoms with Crippen LogP contribution in [0.4, 0.5) is 5.82 Å². The van der Waals surface area contributed by atoms with E-state index < -0.39 is 0 Å². The predicted octanol–water partition coefficient (Wildman–Crippen LogP) is 4.09. The third kappa shape index (κ3) is 3.44. The summed E-state index contributed by atoms with van der Waals surface area (Å²) >= 11 is 1.73. The van der Waals surface area contributed by atoms with E-state index in [4.69, 9.17) is 0 Å². The molecule has 1 atom stereocenters. The smallest absolute Gasteiger partial charge is 0.225 e. The SMILES string of the molecule is O=C(C1CC1)N1CCCCC[C@H]1C1CCN(c2ncnc3ccsc23)CC1. The van der Waals surface area contributed by atoms with Crippen molar-refractivity contribution >= 4 is 33.3 Å². The molecule has 0 bridgehead atoms. The summed E-state index contributed by atoms with van der Waals surface area (Å²) in [4.78, 5) is 26.6. The Morgan fingerprint density at radius 3 is 2.67 bits per heavy atom. The van der Waals surface area contributed by atoms with E-state index in [-0.39, 0.29) is 0 Å². The van der Waals surface area contributed by atoms with Gasteiger partial charge in [-0.25, -0.2) is 9.97 Å². The third-order valence-corrected chi connectivity index (χ3v) is 7.52. The highest BCUT2D eigenvalue weighted by Gasteiger charge is 2.39. The van der Waals surface area contributed by atoms with Gasteiger partial charge in [-0.1, -0.05) is 12.8 Å². The Morgan fingerprint density at radius 1 is 1.00 bits per heavy atom. The number of hydrogen-bond acceptors (Lipinski definition) is 5. The molecule has 0 unspecified atom stereocenters. The van der Waals surface area contributed by atoms with Crippen LogP contribution in [0.1, 0.15) is 51.4 Å². The molecule has 2 aromatic heterocycles. The van der Waals surface area contributed by atoms with Gasteiger partial charge in [-0.3, -0.25) is 4.79 Å². The summed E-state index contributed by atoms with van der Waals surface area (Å²) < 4.78 is 1.20. The number of carbonyl (C=O) groups excluding carboxylic acids is 1. The Labute approximate surface area is 164 Å². The highest BCUT2D eigenvalue weighted by atomic mass is 32.1. The van der Waals surface area contributed by atoms with Gasteiger partial charge in [-0.05, 0) is 55.9 Å². The van der Waals surface area contributed by atoms with Gasteiger partial charge in [-0.2, -0.15) is 0 Å². The van der Waals surface area contributed by atoms with Crippen LogP contribution in [0.2, 0.25) is 0 Å². The van der Waals surface area contributed by atoms with Crippen LogP contribution in [0.25, 0.3) is 10.2 Å². The molecular formula is C21H28N4OS. The fourth-order valence-electron chi connectivity index (χ4n) is 4.96. The summed E-state index contributed by atoms with van der Waals surface area (Å²) in [5.41, 5.74) is 1.05. The minimum atomic E-state index is 0.346. The normalized spacial score (nSPS) is 25.0. The Bertz CT molecular complexity index is 809. The maximum atomic E-state index is 12.9. The van der Waals surface area contributed by atoms with E-state index in [1.54, 1.807) is 17.7 Å². The lowest BCUT2D eigenvalue weighted by Crippen LogP contribution is -2.48. The second kappa shape index (κ2) is 7.38. The van der Waals surface area contributed by atoms with Gasteiger partial charge in [0.05, 0.1) is 10.2 Å². The predicted molar refractivity (Wildman–Crippen MR) is 109 cm³/mol. The number of nitrogens with zero attached hydrogens (tertiary/aromatic N) is 4. The fraction of sp³-hybridized carbons (Fsp3) is 0.667. The third-order valence-electron chi connectivity index (χ3n) is 6.62. The number of carbonyl (C=O) groups is 1. The number of amides is 1. The van der Waals surface area contributed by atoms with Crippen LogP contribution >= 0.6 is 11.3 Å². The van der Waals surface area contributed by atoms with Crippen molar-refractivity contribution in [3.8, 4) is 0 Å². The first kappa shape index (κ1) is 17.4. The van der Waals surface area contributed by atoms with E-state index in [0.29, 0.717) is 23.8 Å². The molecule has 1 amide bonds. The summed E-state index contributed by atoms with van der Waals surface area (Å²) in [7, 11) is 0. The van der Waals surface area contributed by atoms with Gasteiger partial charge < -0.3 is 9.80 Å². The molecule has 6 heteroatoms. The highest BCUT2D eigenvalue weighted by molar-refractivity contribution is 7.17. The maximum Gasteiger partial charge on any atom is 0.225 e. The molecule has 5 nitrogen and oxygen atoms in total. The van der Waals surface area contributed by atoms with Crippen LogP contribution in [0.15, 0.2) is 17.8 Å². The van der Waals surface area contributed by atoms with Gasteiger partial charge in [0.1, 0.15) is 12.1 Å². The summed E-state index contributed by atoms with van der Waals surface area (Å²) in [5, 5.41) is 2.10. The molecule has 2 aliphatic heterocycles. The van der Waals surface area contributed by atoms with Crippen LogP contribution in [0.5, 0.6) is 0 Å². The lowest BCUT2D eigenvalue weighted by molar-refractivity contribution is -0.136. The highest BCUT2D eigenvalue weighted by Crippen LogP contribution is 2.37. The lowest BCUT2D eigenvalue weighted by Gasteiger charge is -2.41. The van der Waals surface area contributed by atoms with Crippen LogP contribution in [-0.4, -0.2) is 46.5 Å². The number of hydrogen-bond donors (Lipinski definition) is 0. The van der Waals surface area contributed by atoms with Crippen LogP contribution in [0.3, 0.4) is 0 Å². The first-order valence-electron chi connectivity index (χ1n) is 10.5. The van der Waals surface area contributed by atoms with Crippen LogP contribution < -0.4 is 4.90 Å². The molecule has 4 heterocycles. The molecule has 3 aliphatic rings. The van der Waals surface area contributed by atoms with Crippen molar-refractivity contribution in [3.63, 3.8) is 0 Å². The first-order valence-corrected chi connectivity index (χ1v) is 11.4. The number of fused-ring (bicyclic) bond motifs is 1. The molecule has 5 rings (SSSR count). The molecule has 27 heavy (non-hydrogen) atoms. The average molecular weight is 385 g/mol. The Morgan fingerprint density at radius 2 is 1.85 bits per heavy atom. The molecule has 0 radical (unpaired) electrons. The Kier molecular flexibility index (Phi) is 4.76. The molecule has 2 saturated heterocycles. The quantitative estimate of drug-likeness (QED) is 0.800. The zero-order chi connectivity index (χ0) is 18.2. The van der Waals surface area contributed by atoms with Crippen molar-refractivity contribution < 1.29 is 4.79 Å². The maximum absolute atomic E-state index is 12.9. The molecule has 3 fully saturated rings. The van der Waals surface area contributed by atoms with Gasteiger partial charge in [0.2, 0.25) is 5.91 Å². The minimum absolute atomic E-state index is 0.346. The molecule has 1 aliphatic carbocycles. The molecular weight excluding hydrogens is 356 g/mol. The Balaban J connectivity index is 1.30. The lowest BCUT2D eigenvalue weighted by atomic mass is 9.86. The molecule has 0 aromatic carbocycles. The van der Waals surface area contributed by atoms with E-state index in [9.17, 15) is 4.79 Å². The van der Waals surface area contributed by atoms with Crippen LogP contribution in [0, 0.1) is 11.8 Å². The molecule has 0 N–H and O–H groups in total. The Hall–Kier alpha value is -1.69. The van der Waals surface area contributed by atoms with Crippen molar-refractivity contribution in [3.05, 3.63) is 17.8 Å². The number of aromatic nitrogens is 2. The van der Waals surface area contributed by atoms with Gasteiger partial charge in [0.25, 0.3) is 0 Å². The van der Waals surface area contributed by atoms with Gasteiger partial charge in [0.15, 0.2) is 0 Å². The zero-order valence-electron chi connectivity index (χ0n) is 15.8. The zero-order valence-corrected chi connectivity index (χ0v) is 16.7. The van der Waals surface area contributed by atoms with E-state index in [1.807, 2.05) is 0 Å². The van der Waals surface area contributed by atoms with Crippen molar-refractivity contribution in [2.75, 3.05) is 24.5 Å². The minimum Gasteiger partial charge on any atom is -0.355 e. The number of thiophene rings is 1. The standard InChI is InChI=1S/C21H28N4OS/c26-21(16-5-6-16)25-10-3-1-2-4-18(25)15-7-11-24(12-8-15)20-19-17(9-13-27-19)22-14-23-20/h9,13-16,18H,1-8,10-12H2/t18-/m0/s1. The van der Waals surface area contributed by atoms with Gasteiger partial charge in [-0.15, -0.1) is 11.3 Å². The summed E-state index contributed by atoms with van der Waals surface area (Å²) in [6.45, 7) is 3.06. The van der Waals surface area contributed by atoms with E-state index in [1.165, 1.54) is 30.4 Å². The fourth-order valence-corrected chi connectivity index (χ4v) is 5.82. The van der Waals surface area contributed by atoms with Gasteiger partial charge in [0, 0.05) is 31.6 Å². The number of anilines is 1. The monoisotopic (exact) mass is 384 g/mol. The molecule has 144 valence electrons. The van der Waals surface area contributed by atoms with Crippen molar-refractivity contribution in [2.24, 2.45) is 11.8 Å². The van der Waals surface area contributed by atoms with Crippen LogP contribution in [-0.2, 0) is 4.79 Å². The van der Waals surface area contributed by atoms with Crippen molar-refractivity contribution in [2.45, 2.75) is 57.4 Å². The summed E-state index contributed by atoms with van der Waals surface area (Å²) in [5.74, 6) is 2.54. The van der Waals surface area contributed by atoms with Crippen molar-refractivity contribution in [1.29, 1.82) is 0 Å². The van der Waals surface area contributed by atoms with Gasteiger partial charge >= 0.3 is 0 Å². The number of piperidine rings is 1. The largest absolute Gasteiger partial charge is 0.355 e. The number of rotatable bonds is 3. The first-order chi connectivity index (χ1) is 13.3. The molecule has 2 aromatic rings. The average Bonchev–Trinajstić information content (AvgIpc) is 3.49. The topological polar surface area (TPSA) is 49.3 Å². The van der Waals surface area contributed by atoms with E-state index in [0.717, 1.165) is 56.7 Å².